The van der Waals surface area contributed by atoms with E-state index in [4.69, 9.17) is 14.1 Å². The fourth-order valence-electron chi connectivity index (χ4n) is 4.52. The number of benzene rings is 2. The minimum atomic E-state index is -0.207. The Labute approximate surface area is 203 Å². The summed E-state index contributed by atoms with van der Waals surface area (Å²) in [7, 11) is 1.63. The van der Waals surface area contributed by atoms with Gasteiger partial charge >= 0.3 is 0 Å². The molecule has 7 nitrogen and oxygen atoms in total. The maximum Gasteiger partial charge on any atom is 0.287 e. The molecule has 0 atom stereocenters. The smallest absolute Gasteiger partial charge is 0.287 e. The lowest BCUT2D eigenvalue weighted by molar-refractivity contribution is 0.0697. The highest BCUT2D eigenvalue weighted by molar-refractivity contribution is 6.07. The number of pyridine rings is 1. The lowest BCUT2D eigenvalue weighted by Crippen LogP contribution is -2.46. The summed E-state index contributed by atoms with van der Waals surface area (Å²) < 4.78 is 10.6. The Kier molecular flexibility index (Phi) is 6.23. The number of nitrogens with zero attached hydrogens (tertiary/aromatic N) is 2. The number of methoxy groups -OCH3 is 1. The van der Waals surface area contributed by atoms with Crippen molar-refractivity contribution in [2.75, 3.05) is 20.2 Å². The number of likely N-dealkylation sites (tertiary alicyclic amines) is 1. The number of aromatic nitrogens is 1. The van der Waals surface area contributed by atoms with Crippen LogP contribution >= 0.6 is 0 Å². The lowest BCUT2D eigenvalue weighted by Gasteiger charge is -2.32. The van der Waals surface area contributed by atoms with E-state index >= 15 is 0 Å². The third-order valence-electron chi connectivity index (χ3n) is 6.52. The molecule has 2 aromatic carbocycles. The molecule has 1 fully saturated rings. The molecule has 0 saturated carbocycles. The summed E-state index contributed by atoms with van der Waals surface area (Å²) >= 11 is 0. The Morgan fingerprint density at radius 2 is 1.80 bits per heavy atom. The molecule has 2 amide bonds. The normalized spacial score (nSPS) is 14.2. The maximum absolute atomic E-state index is 13.6. The van der Waals surface area contributed by atoms with Crippen molar-refractivity contribution in [3.63, 3.8) is 0 Å². The largest absolute Gasteiger partial charge is 0.497 e. The second-order valence-corrected chi connectivity index (χ2v) is 8.77. The summed E-state index contributed by atoms with van der Waals surface area (Å²) in [5.41, 5.74) is 3.88. The van der Waals surface area contributed by atoms with Gasteiger partial charge in [0, 0.05) is 35.6 Å². The average Bonchev–Trinajstić information content (AvgIpc) is 3.34. The molecular weight excluding hydrogens is 442 g/mol. The number of carbonyl (C=O) groups excluding carboxylic acids is 2. The van der Waals surface area contributed by atoms with Gasteiger partial charge in [-0.1, -0.05) is 18.2 Å². The van der Waals surface area contributed by atoms with Gasteiger partial charge in [0.05, 0.1) is 30.1 Å². The fourth-order valence-corrected chi connectivity index (χ4v) is 4.52. The molecule has 1 aliphatic rings. The molecule has 0 unspecified atom stereocenters. The fraction of sp³-hybridized carbons (Fsp3) is 0.250. The summed E-state index contributed by atoms with van der Waals surface area (Å²) in [6.07, 6.45) is 2.89. The summed E-state index contributed by atoms with van der Waals surface area (Å²) in [6.45, 7) is 2.98. The summed E-state index contributed by atoms with van der Waals surface area (Å²) in [4.78, 5) is 32.8. The molecule has 35 heavy (non-hydrogen) atoms. The van der Waals surface area contributed by atoms with Crippen molar-refractivity contribution < 1.29 is 18.7 Å². The number of hydrogen-bond donors (Lipinski definition) is 1. The van der Waals surface area contributed by atoms with E-state index in [0.29, 0.717) is 37.3 Å². The van der Waals surface area contributed by atoms with Gasteiger partial charge < -0.3 is 19.4 Å². The van der Waals surface area contributed by atoms with Gasteiger partial charge in [0.25, 0.3) is 11.8 Å². The van der Waals surface area contributed by atoms with Gasteiger partial charge in [-0.2, -0.15) is 0 Å². The Bertz CT molecular complexity index is 1370. The van der Waals surface area contributed by atoms with Crippen LogP contribution in [0, 0.1) is 6.92 Å². The second-order valence-electron chi connectivity index (χ2n) is 8.77. The molecule has 0 spiro atoms. The summed E-state index contributed by atoms with van der Waals surface area (Å²) in [6, 6.07) is 19.0. The zero-order valence-corrected chi connectivity index (χ0v) is 19.8. The third kappa shape index (κ3) is 4.62. The Morgan fingerprint density at radius 3 is 2.49 bits per heavy atom. The van der Waals surface area contributed by atoms with Crippen molar-refractivity contribution in [2.45, 2.75) is 25.8 Å². The highest BCUT2D eigenvalue weighted by Gasteiger charge is 2.27. The number of rotatable bonds is 5. The molecule has 0 radical (unpaired) electrons. The van der Waals surface area contributed by atoms with Crippen LogP contribution in [0.5, 0.6) is 5.75 Å². The standard InChI is InChI=1S/C28H27N3O4/c1-18-13-16-35-26(18)27(32)29-20-11-14-31(15-12-20)28(33)23-17-25(19-7-9-21(34-2)10-8-19)30-24-6-4-3-5-22(23)24/h3-10,13,16-17,20H,11-12,14-15H2,1-2H3,(H,29,32). The monoisotopic (exact) mass is 469 g/mol. The zero-order valence-electron chi connectivity index (χ0n) is 19.8. The van der Waals surface area contributed by atoms with Gasteiger partial charge in [-0.15, -0.1) is 0 Å². The van der Waals surface area contributed by atoms with E-state index in [1.54, 1.807) is 13.2 Å². The first-order chi connectivity index (χ1) is 17.0. The van der Waals surface area contributed by atoms with Gasteiger partial charge in [0.2, 0.25) is 0 Å². The van der Waals surface area contributed by atoms with E-state index in [1.807, 2.05) is 66.4 Å². The number of aryl methyl sites for hydroxylation is 1. The number of carbonyl (C=O) groups is 2. The second kappa shape index (κ2) is 9.62. The van der Waals surface area contributed by atoms with Crippen LogP contribution in [-0.4, -0.2) is 47.9 Å². The average molecular weight is 470 g/mol. The van der Waals surface area contributed by atoms with E-state index in [0.717, 1.165) is 33.5 Å². The first-order valence-electron chi connectivity index (χ1n) is 11.7. The SMILES string of the molecule is COc1ccc(-c2cc(C(=O)N3CCC(NC(=O)c4occc4C)CC3)c3ccccc3n2)cc1. The van der Waals surface area contributed by atoms with Gasteiger partial charge in [-0.25, -0.2) is 4.98 Å². The van der Waals surface area contributed by atoms with E-state index in [1.165, 1.54) is 6.26 Å². The van der Waals surface area contributed by atoms with Crippen LogP contribution in [-0.2, 0) is 0 Å². The molecule has 0 aliphatic carbocycles. The van der Waals surface area contributed by atoms with Crippen LogP contribution in [0.15, 0.2) is 71.3 Å². The highest BCUT2D eigenvalue weighted by atomic mass is 16.5. The Hall–Kier alpha value is -4.13. The van der Waals surface area contributed by atoms with Crippen LogP contribution in [0.1, 0.15) is 39.3 Å². The summed E-state index contributed by atoms with van der Waals surface area (Å²) in [5, 5.41) is 3.87. The number of amides is 2. The minimum Gasteiger partial charge on any atom is -0.497 e. The number of furan rings is 1. The minimum absolute atomic E-state index is 0.0000873. The predicted molar refractivity (Wildman–Crippen MR) is 134 cm³/mol. The molecular formula is C28H27N3O4. The van der Waals surface area contributed by atoms with Crippen molar-refractivity contribution in [2.24, 2.45) is 0 Å². The van der Waals surface area contributed by atoms with Gasteiger partial charge in [-0.3, -0.25) is 9.59 Å². The van der Waals surface area contributed by atoms with Crippen LogP contribution in [0.2, 0.25) is 0 Å². The van der Waals surface area contributed by atoms with Crippen molar-refractivity contribution in [1.82, 2.24) is 15.2 Å². The maximum atomic E-state index is 13.6. The Balaban J connectivity index is 1.35. The molecule has 2 aromatic heterocycles. The van der Waals surface area contributed by atoms with Crippen LogP contribution in [0.3, 0.4) is 0 Å². The van der Waals surface area contributed by atoms with Crippen molar-refractivity contribution in [3.8, 4) is 17.0 Å². The first kappa shape index (κ1) is 22.7. The van der Waals surface area contributed by atoms with E-state index in [9.17, 15) is 9.59 Å². The number of nitrogens with one attached hydrogen (secondary N) is 1. The molecule has 0 bridgehead atoms. The number of piperidine rings is 1. The number of para-hydroxylation sites is 1. The number of hydrogen-bond acceptors (Lipinski definition) is 5. The molecule has 3 heterocycles. The number of ether oxygens (including phenoxy) is 1. The van der Waals surface area contributed by atoms with Crippen molar-refractivity contribution >= 4 is 22.7 Å². The third-order valence-corrected chi connectivity index (χ3v) is 6.52. The highest BCUT2D eigenvalue weighted by Crippen LogP contribution is 2.28. The predicted octanol–water partition coefficient (Wildman–Crippen LogP) is 4.85. The molecule has 1 N–H and O–H groups in total. The molecule has 5 rings (SSSR count). The molecule has 1 aliphatic heterocycles. The van der Waals surface area contributed by atoms with Crippen molar-refractivity contribution in [1.29, 1.82) is 0 Å². The van der Waals surface area contributed by atoms with Crippen LogP contribution in [0.4, 0.5) is 0 Å². The van der Waals surface area contributed by atoms with Gasteiger partial charge in [-0.05, 0) is 62.2 Å². The van der Waals surface area contributed by atoms with E-state index in [-0.39, 0.29) is 17.9 Å². The van der Waals surface area contributed by atoms with E-state index in [2.05, 4.69) is 5.32 Å². The molecule has 178 valence electrons. The molecule has 7 heteroatoms. The van der Waals surface area contributed by atoms with Crippen LogP contribution in [0.25, 0.3) is 22.2 Å². The Morgan fingerprint density at radius 1 is 1.06 bits per heavy atom. The first-order valence-corrected chi connectivity index (χ1v) is 11.7. The van der Waals surface area contributed by atoms with Crippen LogP contribution < -0.4 is 10.1 Å². The summed E-state index contributed by atoms with van der Waals surface area (Å²) in [5.74, 6) is 0.882. The lowest BCUT2D eigenvalue weighted by atomic mass is 10.0. The van der Waals surface area contributed by atoms with Gasteiger partial charge in [0.1, 0.15) is 5.75 Å². The van der Waals surface area contributed by atoms with E-state index < -0.39 is 0 Å². The quantitative estimate of drug-likeness (QED) is 0.452. The van der Waals surface area contributed by atoms with Crippen molar-refractivity contribution in [3.05, 3.63) is 83.8 Å². The molecule has 1 saturated heterocycles. The van der Waals surface area contributed by atoms with Gasteiger partial charge in [0.15, 0.2) is 5.76 Å². The zero-order chi connectivity index (χ0) is 24.4. The topological polar surface area (TPSA) is 84.7 Å². The molecule has 4 aromatic rings. The number of fused-ring (bicyclic) bond motifs is 1.